The van der Waals surface area contributed by atoms with Gasteiger partial charge in [0.15, 0.2) is 0 Å². The van der Waals surface area contributed by atoms with Gasteiger partial charge in [0.25, 0.3) is 10.1 Å². The summed E-state index contributed by atoms with van der Waals surface area (Å²) in [6.07, 6.45) is 13.6. The third-order valence-electron chi connectivity index (χ3n) is 5.69. The summed E-state index contributed by atoms with van der Waals surface area (Å²) in [5, 5.41) is -0.961. The van der Waals surface area contributed by atoms with Crippen LogP contribution in [0.5, 0.6) is 5.75 Å². The summed E-state index contributed by atoms with van der Waals surface area (Å²) >= 11 is 0. The zero-order valence-corrected chi connectivity index (χ0v) is 19.8. The Hall–Kier alpha value is -1.07. The van der Waals surface area contributed by atoms with Gasteiger partial charge in [0.1, 0.15) is 17.1 Å². The summed E-state index contributed by atoms with van der Waals surface area (Å²) in [7, 11) is -4.12. The van der Waals surface area contributed by atoms with Crippen LogP contribution in [0.25, 0.3) is 0 Å². The van der Waals surface area contributed by atoms with Gasteiger partial charge in [0.05, 0.1) is 0 Å². The van der Waals surface area contributed by atoms with Crippen molar-refractivity contribution in [3.8, 4) is 5.75 Å². The molecule has 0 fully saturated rings. The van der Waals surface area contributed by atoms with E-state index in [2.05, 4.69) is 32.0 Å². The van der Waals surface area contributed by atoms with Crippen molar-refractivity contribution < 1.29 is 17.7 Å². The smallest absolute Gasteiger partial charge is 0.271 e. The predicted molar refractivity (Wildman–Crippen MR) is 122 cm³/mol. The Morgan fingerprint density at radius 2 is 1.41 bits per heavy atom. The number of benzene rings is 1. The van der Waals surface area contributed by atoms with E-state index < -0.39 is 21.5 Å². The van der Waals surface area contributed by atoms with E-state index in [1.54, 1.807) is 6.92 Å². The highest BCUT2D eigenvalue weighted by atomic mass is 32.2. The molecule has 0 saturated carbocycles. The zero-order valence-electron chi connectivity index (χ0n) is 19.0. The minimum Gasteiger partial charge on any atom is -0.489 e. The molecule has 4 nitrogen and oxygen atoms in total. The third-order valence-corrected chi connectivity index (χ3v) is 7.02. The van der Waals surface area contributed by atoms with E-state index in [0.29, 0.717) is 0 Å². The maximum absolute atomic E-state index is 11.5. The molecule has 0 aliphatic heterocycles. The van der Waals surface area contributed by atoms with Gasteiger partial charge in [0, 0.05) is 0 Å². The molecule has 29 heavy (non-hydrogen) atoms. The molecule has 0 heterocycles. The summed E-state index contributed by atoms with van der Waals surface area (Å²) in [6, 6.07) is 6.40. The summed E-state index contributed by atoms with van der Waals surface area (Å²) in [4.78, 5) is 0. The highest BCUT2D eigenvalue weighted by Gasteiger charge is 2.26. The van der Waals surface area contributed by atoms with Crippen molar-refractivity contribution in [3.05, 3.63) is 29.3 Å². The molecule has 0 radical (unpaired) electrons. The maximum Gasteiger partial charge on any atom is 0.271 e. The molecule has 2 unspecified atom stereocenters. The standard InChI is InChI=1S/C24H42O4S/c1-5-7-9-11-13-15-22-17-18-23(16-14-12-10-8-6-2)24(19-22)28-20(3)21(4)29(25,26)27/h17-21H,5-16H2,1-4H3,(H,25,26,27). The molecule has 2 atom stereocenters. The Labute approximate surface area is 179 Å². The van der Waals surface area contributed by atoms with Crippen LogP contribution in [-0.4, -0.2) is 24.3 Å². The minimum atomic E-state index is -4.12. The Morgan fingerprint density at radius 1 is 0.862 bits per heavy atom. The molecule has 0 saturated heterocycles. The average molecular weight is 427 g/mol. The Kier molecular flexibility index (Phi) is 12.6. The molecule has 1 N–H and O–H groups in total. The van der Waals surface area contributed by atoms with Crippen LogP contribution in [0, 0.1) is 0 Å². The van der Waals surface area contributed by atoms with Gasteiger partial charge in [-0.25, -0.2) is 0 Å². The lowest BCUT2D eigenvalue weighted by Gasteiger charge is -2.22. The Morgan fingerprint density at radius 3 is 1.97 bits per heavy atom. The molecule has 0 bridgehead atoms. The largest absolute Gasteiger partial charge is 0.489 e. The number of hydrogen-bond donors (Lipinski definition) is 1. The number of rotatable bonds is 16. The first-order valence-electron chi connectivity index (χ1n) is 11.5. The van der Waals surface area contributed by atoms with E-state index in [9.17, 15) is 13.0 Å². The second-order valence-electron chi connectivity index (χ2n) is 8.31. The lowest BCUT2D eigenvalue weighted by Crippen LogP contribution is -2.33. The van der Waals surface area contributed by atoms with Crippen LogP contribution < -0.4 is 4.74 Å². The van der Waals surface area contributed by atoms with Gasteiger partial charge in [-0.15, -0.1) is 0 Å². The van der Waals surface area contributed by atoms with Crippen molar-refractivity contribution in [1.82, 2.24) is 0 Å². The van der Waals surface area contributed by atoms with E-state index in [4.69, 9.17) is 4.74 Å². The summed E-state index contributed by atoms with van der Waals surface area (Å²) in [5.41, 5.74) is 2.36. The highest BCUT2D eigenvalue weighted by Crippen LogP contribution is 2.26. The SMILES string of the molecule is CCCCCCCc1ccc(CCCCCCC)c(OC(C)C(C)S(=O)(=O)O)c1. The molecule has 1 rings (SSSR count). The fourth-order valence-electron chi connectivity index (χ4n) is 3.46. The summed E-state index contributed by atoms with van der Waals surface area (Å²) < 4.78 is 38.4. The van der Waals surface area contributed by atoms with Crippen LogP contribution >= 0.6 is 0 Å². The molecule has 0 amide bonds. The summed E-state index contributed by atoms with van der Waals surface area (Å²) in [6.45, 7) is 7.63. The van der Waals surface area contributed by atoms with Crippen molar-refractivity contribution >= 4 is 10.1 Å². The molecule has 1 aromatic rings. The highest BCUT2D eigenvalue weighted by molar-refractivity contribution is 7.86. The van der Waals surface area contributed by atoms with Crippen LogP contribution in [0.3, 0.4) is 0 Å². The molecule has 0 aromatic heterocycles. The molecule has 0 spiro atoms. The van der Waals surface area contributed by atoms with Crippen LogP contribution in [0.2, 0.25) is 0 Å². The van der Waals surface area contributed by atoms with Crippen molar-refractivity contribution in [1.29, 1.82) is 0 Å². The monoisotopic (exact) mass is 426 g/mol. The lowest BCUT2D eigenvalue weighted by molar-refractivity contribution is 0.212. The number of unbranched alkanes of at least 4 members (excludes halogenated alkanes) is 8. The quantitative estimate of drug-likeness (QED) is 0.234. The fraction of sp³-hybridized carbons (Fsp3) is 0.750. The first kappa shape index (κ1) is 26.0. The molecule has 0 aliphatic rings. The second kappa shape index (κ2) is 14.0. The van der Waals surface area contributed by atoms with E-state index in [1.165, 1.54) is 63.9 Å². The number of hydrogen-bond acceptors (Lipinski definition) is 3. The number of ether oxygens (including phenoxy) is 1. The van der Waals surface area contributed by atoms with Crippen LogP contribution in [0.15, 0.2) is 18.2 Å². The van der Waals surface area contributed by atoms with Crippen LogP contribution in [0.4, 0.5) is 0 Å². The van der Waals surface area contributed by atoms with Gasteiger partial charge in [0.2, 0.25) is 0 Å². The van der Waals surface area contributed by atoms with Crippen molar-refractivity contribution in [2.24, 2.45) is 0 Å². The topological polar surface area (TPSA) is 63.6 Å². The first-order chi connectivity index (χ1) is 13.8. The van der Waals surface area contributed by atoms with Gasteiger partial charge in [-0.2, -0.15) is 8.42 Å². The molecular formula is C24H42O4S. The molecule has 5 heteroatoms. The van der Waals surface area contributed by atoms with Crippen molar-refractivity contribution in [2.45, 2.75) is 116 Å². The molecule has 1 aromatic carbocycles. The minimum absolute atomic E-state index is 0.608. The molecule has 168 valence electrons. The van der Waals surface area contributed by atoms with E-state index in [-0.39, 0.29) is 0 Å². The molecular weight excluding hydrogens is 384 g/mol. The van der Waals surface area contributed by atoms with Crippen LogP contribution in [0.1, 0.15) is 103 Å². The van der Waals surface area contributed by atoms with Gasteiger partial charge < -0.3 is 4.74 Å². The fourth-order valence-corrected chi connectivity index (χ4v) is 4.00. The normalized spacial score (nSPS) is 14.0. The number of aryl methyl sites for hydroxylation is 2. The molecule has 0 aliphatic carbocycles. The zero-order chi connectivity index (χ0) is 21.7. The maximum atomic E-state index is 11.5. The van der Waals surface area contributed by atoms with E-state index in [0.717, 1.165) is 37.0 Å². The van der Waals surface area contributed by atoms with E-state index >= 15 is 0 Å². The van der Waals surface area contributed by atoms with Crippen molar-refractivity contribution in [3.63, 3.8) is 0 Å². The predicted octanol–water partition coefficient (Wildman–Crippen LogP) is 6.76. The first-order valence-corrected chi connectivity index (χ1v) is 13.0. The second-order valence-corrected chi connectivity index (χ2v) is 10.1. The van der Waals surface area contributed by atoms with Gasteiger partial charge in [-0.3, -0.25) is 4.55 Å². The van der Waals surface area contributed by atoms with Gasteiger partial charge in [-0.05, 0) is 56.7 Å². The Balaban J connectivity index is 2.81. The van der Waals surface area contributed by atoms with Crippen LogP contribution in [-0.2, 0) is 23.0 Å². The van der Waals surface area contributed by atoms with Crippen molar-refractivity contribution in [2.75, 3.05) is 0 Å². The van der Waals surface area contributed by atoms with E-state index in [1.807, 2.05) is 0 Å². The van der Waals surface area contributed by atoms with Gasteiger partial charge in [-0.1, -0.05) is 77.3 Å². The average Bonchev–Trinajstić information content (AvgIpc) is 2.67. The lowest BCUT2D eigenvalue weighted by atomic mass is 10.00. The Bertz CT molecular complexity index is 669. The summed E-state index contributed by atoms with van der Waals surface area (Å²) in [5.74, 6) is 0.773. The van der Waals surface area contributed by atoms with Gasteiger partial charge >= 0.3 is 0 Å². The third kappa shape index (κ3) is 10.5.